The van der Waals surface area contributed by atoms with Gasteiger partial charge in [0.05, 0.1) is 33.5 Å². The zero-order chi connectivity index (χ0) is 33.8. The molecule has 0 saturated heterocycles. The summed E-state index contributed by atoms with van der Waals surface area (Å²) in [5.74, 6) is 0.690. The monoisotopic (exact) mass is 652 g/mol. The standard InChI is InChI=1S/C47H32N4/c1-47(2)37-23-11-8-20-33(37)43-44(35-22-14-26-40-42(35)34-21-10-13-25-39(34)50(40)31-17-4-3-5-18-31)48-46(49-45(43)47)51-38-24-12-9-19-32(38)36-27-29-15-6-7-16-30(29)28-41(36)51/h3-28H,1-2H3. The van der Waals surface area contributed by atoms with Crippen LogP contribution in [-0.2, 0) is 5.41 Å². The van der Waals surface area contributed by atoms with E-state index < -0.39 is 0 Å². The van der Waals surface area contributed by atoms with Crippen molar-refractivity contribution in [2.24, 2.45) is 0 Å². The molecule has 0 spiro atoms. The fourth-order valence-corrected chi connectivity index (χ4v) is 8.77. The van der Waals surface area contributed by atoms with Crippen LogP contribution in [0.1, 0.15) is 25.1 Å². The van der Waals surface area contributed by atoms with Crippen molar-refractivity contribution in [2.45, 2.75) is 19.3 Å². The molecule has 0 fully saturated rings. The normalized spacial score (nSPS) is 13.5. The Hall–Kier alpha value is -6.52. The molecule has 7 aromatic carbocycles. The van der Waals surface area contributed by atoms with Crippen LogP contribution in [0.15, 0.2) is 158 Å². The first-order valence-electron chi connectivity index (χ1n) is 17.6. The van der Waals surface area contributed by atoms with Crippen molar-refractivity contribution in [2.75, 3.05) is 0 Å². The summed E-state index contributed by atoms with van der Waals surface area (Å²) < 4.78 is 4.67. The Morgan fingerprint density at radius 3 is 1.92 bits per heavy atom. The average Bonchev–Trinajstić information content (AvgIpc) is 3.77. The van der Waals surface area contributed by atoms with E-state index in [9.17, 15) is 0 Å². The van der Waals surface area contributed by atoms with Crippen LogP contribution < -0.4 is 0 Å². The minimum Gasteiger partial charge on any atom is -0.309 e. The molecule has 3 heterocycles. The van der Waals surface area contributed by atoms with Gasteiger partial charge in [0.1, 0.15) is 0 Å². The Bertz CT molecular complexity index is 3050. The smallest absolute Gasteiger partial charge is 0.235 e. The molecule has 10 aromatic rings. The number of nitrogens with zero attached hydrogens (tertiary/aromatic N) is 4. The molecule has 0 aliphatic heterocycles. The van der Waals surface area contributed by atoms with Gasteiger partial charge in [-0.3, -0.25) is 4.57 Å². The fourth-order valence-electron chi connectivity index (χ4n) is 8.77. The Morgan fingerprint density at radius 1 is 0.471 bits per heavy atom. The van der Waals surface area contributed by atoms with Crippen LogP contribution in [-0.4, -0.2) is 19.1 Å². The topological polar surface area (TPSA) is 35.6 Å². The fraction of sp³-hybridized carbons (Fsp3) is 0.0638. The third-order valence-electron chi connectivity index (χ3n) is 11.1. The third-order valence-corrected chi connectivity index (χ3v) is 11.1. The minimum absolute atomic E-state index is 0.324. The van der Waals surface area contributed by atoms with Gasteiger partial charge in [0.2, 0.25) is 5.95 Å². The van der Waals surface area contributed by atoms with Gasteiger partial charge in [-0.25, -0.2) is 9.97 Å². The van der Waals surface area contributed by atoms with E-state index in [1.165, 1.54) is 49.0 Å². The second-order valence-corrected chi connectivity index (χ2v) is 14.2. The summed E-state index contributed by atoms with van der Waals surface area (Å²) in [6, 6.07) is 56.7. The molecule has 0 amide bonds. The molecule has 4 nitrogen and oxygen atoms in total. The zero-order valence-electron chi connectivity index (χ0n) is 28.3. The number of rotatable bonds is 3. The predicted molar refractivity (Wildman–Crippen MR) is 211 cm³/mol. The predicted octanol–water partition coefficient (Wildman–Crippen LogP) is 11.8. The van der Waals surface area contributed by atoms with Crippen LogP contribution in [0.25, 0.3) is 88.4 Å². The van der Waals surface area contributed by atoms with Crippen LogP contribution in [0.5, 0.6) is 0 Å². The molecule has 240 valence electrons. The lowest BCUT2D eigenvalue weighted by atomic mass is 9.85. The first kappa shape index (κ1) is 28.3. The van der Waals surface area contributed by atoms with Crippen molar-refractivity contribution >= 4 is 54.4 Å². The molecule has 3 aromatic heterocycles. The summed E-state index contributed by atoms with van der Waals surface area (Å²) in [4.78, 5) is 11.3. The molecule has 0 radical (unpaired) electrons. The highest BCUT2D eigenvalue weighted by Crippen LogP contribution is 2.52. The van der Waals surface area contributed by atoms with Crippen molar-refractivity contribution in [3.63, 3.8) is 0 Å². The lowest BCUT2D eigenvalue weighted by molar-refractivity contribution is 0.632. The maximum absolute atomic E-state index is 5.68. The van der Waals surface area contributed by atoms with Crippen LogP contribution in [0, 0.1) is 0 Å². The lowest BCUT2D eigenvalue weighted by Gasteiger charge is -2.21. The van der Waals surface area contributed by atoms with Gasteiger partial charge in [0.15, 0.2) is 0 Å². The molecule has 0 N–H and O–H groups in total. The summed E-state index contributed by atoms with van der Waals surface area (Å²) in [5, 5.41) is 7.21. The van der Waals surface area contributed by atoms with Gasteiger partial charge in [-0.05, 0) is 64.4 Å². The van der Waals surface area contributed by atoms with Crippen LogP contribution in [0.2, 0.25) is 0 Å². The van der Waals surface area contributed by atoms with Gasteiger partial charge in [-0.1, -0.05) is 129 Å². The van der Waals surface area contributed by atoms with Gasteiger partial charge in [0.25, 0.3) is 0 Å². The van der Waals surface area contributed by atoms with E-state index in [1.54, 1.807) is 0 Å². The second-order valence-electron chi connectivity index (χ2n) is 14.2. The maximum atomic E-state index is 5.68. The van der Waals surface area contributed by atoms with E-state index in [-0.39, 0.29) is 5.41 Å². The number of aromatic nitrogens is 4. The molecule has 0 unspecified atom stereocenters. The maximum Gasteiger partial charge on any atom is 0.235 e. The molecular weight excluding hydrogens is 621 g/mol. The Balaban J connectivity index is 1.30. The summed E-state index contributed by atoms with van der Waals surface area (Å²) in [6.45, 7) is 4.61. The van der Waals surface area contributed by atoms with Crippen molar-refractivity contribution in [3.05, 3.63) is 169 Å². The van der Waals surface area contributed by atoms with Crippen LogP contribution >= 0.6 is 0 Å². The summed E-state index contributed by atoms with van der Waals surface area (Å²) in [6.07, 6.45) is 0. The van der Waals surface area contributed by atoms with Crippen molar-refractivity contribution in [3.8, 4) is 34.0 Å². The summed E-state index contributed by atoms with van der Waals surface area (Å²) in [5.41, 5.74) is 12.1. The number of benzene rings is 7. The molecule has 0 bridgehead atoms. The van der Waals surface area contributed by atoms with Gasteiger partial charge in [-0.2, -0.15) is 0 Å². The van der Waals surface area contributed by atoms with Gasteiger partial charge in [-0.15, -0.1) is 0 Å². The number of fused-ring (bicyclic) bond motifs is 10. The van der Waals surface area contributed by atoms with Crippen molar-refractivity contribution in [1.29, 1.82) is 0 Å². The van der Waals surface area contributed by atoms with E-state index in [4.69, 9.17) is 9.97 Å². The molecule has 1 aliphatic rings. The highest BCUT2D eigenvalue weighted by molar-refractivity contribution is 6.17. The molecular formula is C47H32N4. The molecule has 0 saturated carbocycles. The SMILES string of the molecule is CC1(C)c2ccccc2-c2c(-c3cccc4c3c3ccccc3n4-c3ccccc3)nc(-n3c4ccccc4c4cc5ccccc5cc43)nc21. The number of hydrogen-bond donors (Lipinski definition) is 0. The summed E-state index contributed by atoms with van der Waals surface area (Å²) >= 11 is 0. The highest BCUT2D eigenvalue weighted by atomic mass is 15.2. The lowest BCUT2D eigenvalue weighted by Crippen LogP contribution is -2.18. The van der Waals surface area contributed by atoms with Crippen molar-refractivity contribution in [1.82, 2.24) is 19.1 Å². The minimum atomic E-state index is -0.324. The number of para-hydroxylation sites is 3. The zero-order valence-corrected chi connectivity index (χ0v) is 28.3. The van der Waals surface area contributed by atoms with Gasteiger partial charge in [0, 0.05) is 43.8 Å². The highest BCUT2D eigenvalue weighted by Gasteiger charge is 2.40. The first-order valence-corrected chi connectivity index (χ1v) is 17.6. The van der Waals surface area contributed by atoms with E-state index >= 15 is 0 Å². The average molecular weight is 653 g/mol. The van der Waals surface area contributed by atoms with Crippen molar-refractivity contribution < 1.29 is 0 Å². The Morgan fingerprint density at radius 2 is 1.10 bits per heavy atom. The van der Waals surface area contributed by atoms with E-state index in [0.29, 0.717) is 5.95 Å². The van der Waals surface area contributed by atoms with Gasteiger partial charge < -0.3 is 4.57 Å². The van der Waals surface area contributed by atoms with Crippen LogP contribution in [0.4, 0.5) is 0 Å². The molecule has 4 heteroatoms. The van der Waals surface area contributed by atoms with Crippen LogP contribution in [0.3, 0.4) is 0 Å². The quantitative estimate of drug-likeness (QED) is 0.190. The first-order chi connectivity index (χ1) is 25.1. The molecule has 11 rings (SSSR count). The molecule has 0 atom stereocenters. The molecule has 51 heavy (non-hydrogen) atoms. The third kappa shape index (κ3) is 3.85. The second kappa shape index (κ2) is 10.3. The van der Waals surface area contributed by atoms with E-state index in [0.717, 1.165) is 44.8 Å². The Kier molecular flexibility index (Phi) is 5.70. The Labute approximate surface area is 294 Å². The molecule has 1 aliphatic carbocycles. The van der Waals surface area contributed by atoms with E-state index in [1.807, 2.05) is 0 Å². The number of hydrogen-bond acceptors (Lipinski definition) is 2. The van der Waals surface area contributed by atoms with E-state index in [2.05, 4.69) is 181 Å². The van der Waals surface area contributed by atoms with Gasteiger partial charge >= 0.3 is 0 Å². The largest absolute Gasteiger partial charge is 0.309 e. The summed E-state index contributed by atoms with van der Waals surface area (Å²) in [7, 11) is 0.